The van der Waals surface area contributed by atoms with Crippen molar-refractivity contribution in [1.29, 1.82) is 0 Å². The van der Waals surface area contributed by atoms with E-state index in [1.54, 1.807) is 53.7 Å². The van der Waals surface area contributed by atoms with Crippen LogP contribution in [0.5, 0.6) is 0 Å². The first-order valence-corrected chi connectivity index (χ1v) is 17.6. The van der Waals surface area contributed by atoms with Crippen LogP contribution in [0.15, 0.2) is 97.6 Å². The Kier molecular flexibility index (Phi) is 19.5. The molecule has 0 saturated carbocycles. The maximum Gasteiger partial charge on any atom is 0.407 e. The van der Waals surface area contributed by atoms with Crippen LogP contribution >= 0.6 is 0 Å². The van der Waals surface area contributed by atoms with Gasteiger partial charge in [-0.3, -0.25) is 9.97 Å². The molecular formula is C38H48F8N8O6. The normalized spacial score (nSPS) is 11.9. The van der Waals surface area contributed by atoms with Crippen LogP contribution in [0.3, 0.4) is 0 Å². The lowest BCUT2D eigenvalue weighted by molar-refractivity contribution is -0.624. The van der Waals surface area contributed by atoms with Gasteiger partial charge in [-0.25, -0.2) is 9.59 Å². The maximum absolute atomic E-state index is 13.7. The zero-order valence-electron chi connectivity index (χ0n) is 33.5. The molecule has 0 fully saturated rings. The Morgan fingerprint density at radius 2 is 0.917 bits per heavy atom. The lowest BCUT2D eigenvalue weighted by Crippen LogP contribution is -2.44. The molecule has 2 amide bonds. The van der Waals surface area contributed by atoms with E-state index < -0.39 is 84.6 Å². The highest BCUT2D eigenvalue weighted by Crippen LogP contribution is 2.26. The number of rotatable bonds is 10. The summed E-state index contributed by atoms with van der Waals surface area (Å²) in [7, 11) is 0. The Hall–Kier alpha value is -5.90. The lowest BCUT2D eigenvalue weighted by atomic mass is 10.2. The fourth-order valence-electron chi connectivity index (χ4n) is 3.97. The number of carbonyl (C=O) groups is 2. The molecule has 4 aromatic rings. The van der Waals surface area contributed by atoms with Crippen molar-refractivity contribution in [2.75, 3.05) is 26.2 Å². The van der Waals surface area contributed by atoms with E-state index in [0.29, 0.717) is 0 Å². The van der Waals surface area contributed by atoms with Gasteiger partial charge >= 0.3 is 35.9 Å². The molecule has 4 rings (SSSR count). The van der Waals surface area contributed by atoms with Crippen LogP contribution < -0.4 is 31.6 Å². The highest BCUT2D eigenvalue weighted by Gasteiger charge is 2.40. The van der Waals surface area contributed by atoms with E-state index in [4.69, 9.17) is 20.9 Å². The third-order valence-corrected chi connectivity index (χ3v) is 6.70. The van der Waals surface area contributed by atoms with Crippen molar-refractivity contribution in [2.24, 2.45) is 11.5 Å². The smallest absolute Gasteiger partial charge is 0.407 e. The van der Waals surface area contributed by atoms with Crippen LogP contribution in [-0.2, 0) is 33.2 Å². The first kappa shape index (κ1) is 52.1. The van der Waals surface area contributed by atoms with Gasteiger partial charge in [-0.1, -0.05) is 12.1 Å². The van der Waals surface area contributed by atoms with E-state index in [0.717, 1.165) is 24.5 Å². The number of nitrogens with one attached hydrogen (secondary N) is 2. The van der Waals surface area contributed by atoms with Crippen molar-refractivity contribution in [3.05, 3.63) is 131 Å². The summed E-state index contributed by atoms with van der Waals surface area (Å²) >= 11 is 0. The molecule has 4 aromatic heterocycles. The van der Waals surface area contributed by atoms with Gasteiger partial charge in [0.25, 0.3) is 11.4 Å². The van der Waals surface area contributed by atoms with Crippen LogP contribution in [0.1, 0.15) is 64.3 Å². The van der Waals surface area contributed by atoms with E-state index in [1.165, 1.54) is 60.9 Å². The van der Waals surface area contributed by atoms with Crippen molar-refractivity contribution < 1.29 is 63.6 Å². The monoisotopic (exact) mass is 864 g/mol. The average molecular weight is 865 g/mol. The SMILES string of the molecule is CC(C)(C)OC(=O)NCC(F)(F)c1cccc[n+]1[O-].CC(C)(C)OC(=O)NCC(F)(F)c1ccccn1.NCC(F)(F)c1cccc[n+]1[O-].NCC(F)(F)c1ccccn1. The number of nitrogens with two attached hydrogens (primary N) is 2. The lowest BCUT2D eigenvalue weighted by Gasteiger charge is -2.21. The van der Waals surface area contributed by atoms with Crippen LogP contribution in [0, 0.1) is 10.4 Å². The number of pyridine rings is 4. The number of carbonyl (C=O) groups excluding carboxylic acids is 2. The van der Waals surface area contributed by atoms with Gasteiger partial charge < -0.3 is 42.0 Å². The number of halogens is 8. The molecule has 0 radical (unpaired) electrons. The quantitative estimate of drug-likeness (QED) is 0.0814. The molecule has 0 bridgehead atoms. The van der Waals surface area contributed by atoms with Crippen LogP contribution in [0.25, 0.3) is 0 Å². The molecule has 0 aliphatic rings. The van der Waals surface area contributed by atoms with E-state index in [-0.39, 0.29) is 20.8 Å². The number of amides is 2. The highest BCUT2D eigenvalue weighted by atomic mass is 19.3. The van der Waals surface area contributed by atoms with Crippen molar-refractivity contribution >= 4 is 12.2 Å². The van der Waals surface area contributed by atoms with E-state index in [9.17, 15) is 55.1 Å². The number of alkyl carbamates (subject to hydrolysis) is 2. The molecule has 6 N–H and O–H groups in total. The number of ether oxygens (including phenoxy) is 2. The number of hydrogen-bond donors (Lipinski definition) is 4. The van der Waals surface area contributed by atoms with Gasteiger partial charge in [-0.15, -0.1) is 0 Å². The molecule has 14 nitrogen and oxygen atoms in total. The zero-order chi connectivity index (χ0) is 46.0. The predicted molar refractivity (Wildman–Crippen MR) is 201 cm³/mol. The molecule has 0 unspecified atom stereocenters. The fraction of sp³-hybridized carbons (Fsp3) is 0.421. The van der Waals surface area contributed by atoms with Crippen molar-refractivity contribution in [3.8, 4) is 0 Å². The first-order chi connectivity index (χ1) is 27.6. The van der Waals surface area contributed by atoms with Crippen molar-refractivity contribution in [2.45, 2.75) is 76.4 Å². The number of hydrogen-bond acceptors (Lipinski definition) is 10. The molecule has 0 aliphatic carbocycles. The van der Waals surface area contributed by atoms with Crippen molar-refractivity contribution in [1.82, 2.24) is 20.6 Å². The van der Waals surface area contributed by atoms with E-state index in [2.05, 4.69) is 9.97 Å². The summed E-state index contributed by atoms with van der Waals surface area (Å²) in [5, 5.41) is 26.0. The molecule has 0 aromatic carbocycles. The van der Waals surface area contributed by atoms with Gasteiger partial charge in [0, 0.05) is 36.7 Å². The molecule has 0 aliphatic heterocycles. The Bertz CT molecular complexity index is 1900. The molecule has 0 atom stereocenters. The highest BCUT2D eigenvalue weighted by molar-refractivity contribution is 5.68. The van der Waals surface area contributed by atoms with Crippen LogP contribution in [0.2, 0.25) is 0 Å². The Morgan fingerprint density at radius 3 is 1.25 bits per heavy atom. The second kappa shape index (κ2) is 22.5. The molecular weight excluding hydrogens is 816 g/mol. The van der Waals surface area contributed by atoms with E-state index in [1.807, 2.05) is 10.6 Å². The predicted octanol–water partition coefficient (Wildman–Crippen LogP) is 6.14. The largest absolute Gasteiger partial charge is 0.618 e. The number of alkyl halides is 8. The Balaban J connectivity index is 0.000000410. The molecule has 332 valence electrons. The third-order valence-electron chi connectivity index (χ3n) is 6.70. The molecule has 0 spiro atoms. The topological polar surface area (TPSA) is 208 Å². The summed E-state index contributed by atoms with van der Waals surface area (Å²) in [6.45, 7) is 6.40. The zero-order valence-corrected chi connectivity index (χ0v) is 33.5. The second-order valence-corrected chi connectivity index (χ2v) is 14.2. The summed E-state index contributed by atoms with van der Waals surface area (Å²) in [6, 6.07) is 16.0. The van der Waals surface area contributed by atoms with Gasteiger partial charge in [-0.05, 0) is 77.9 Å². The fourth-order valence-corrected chi connectivity index (χ4v) is 3.97. The van der Waals surface area contributed by atoms with Crippen LogP contribution in [-0.4, -0.2) is 59.5 Å². The van der Waals surface area contributed by atoms with Gasteiger partial charge in [-0.2, -0.15) is 44.6 Å². The molecule has 60 heavy (non-hydrogen) atoms. The first-order valence-electron chi connectivity index (χ1n) is 17.6. The van der Waals surface area contributed by atoms with Gasteiger partial charge in [0.05, 0.1) is 26.2 Å². The minimum Gasteiger partial charge on any atom is -0.618 e. The molecule has 0 saturated heterocycles. The average Bonchev–Trinajstić information content (AvgIpc) is 3.17. The van der Waals surface area contributed by atoms with E-state index >= 15 is 0 Å². The molecule has 4 heterocycles. The third kappa shape index (κ3) is 19.2. The minimum atomic E-state index is -3.47. The van der Waals surface area contributed by atoms with Crippen molar-refractivity contribution in [3.63, 3.8) is 0 Å². The Morgan fingerprint density at radius 1 is 0.567 bits per heavy atom. The van der Waals surface area contributed by atoms with Crippen LogP contribution in [0.4, 0.5) is 44.7 Å². The van der Waals surface area contributed by atoms with Gasteiger partial charge in [0.2, 0.25) is 0 Å². The summed E-state index contributed by atoms with van der Waals surface area (Å²) < 4.78 is 116. The standard InChI is InChI=1S/C12H16F2N2O3.C12H16F2N2O2.C7H8F2N2O.C7H8F2N2/c1-11(2,3)19-10(17)15-8-12(13,14)9-6-4-5-7-16(9)18;1-11(2,3)18-10(17)16-8-12(13,14)9-6-4-5-7-15-9;8-7(9,5-10)6-3-1-2-4-11(6)12;8-7(9,5-10)6-3-1-2-4-11-6/h4-7H,8H2,1-3H3,(H,15,17);4-7H,8H2,1-3H3,(H,16,17);1-4H,5,10H2;1-4H,5,10H2. The number of aromatic nitrogens is 4. The maximum atomic E-state index is 13.7. The number of nitrogens with zero attached hydrogens (tertiary/aromatic N) is 4. The summed E-state index contributed by atoms with van der Waals surface area (Å²) in [5.41, 5.74) is 6.15. The van der Waals surface area contributed by atoms with Gasteiger partial charge in [0.1, 0.15) is 22.6 Å². The minimum absolute atomic E-state index is 0.0662. The second-order valence-electron chi connectivity index (χ2n) is 14.2. The molecule has 22 heteroatoms. The van der Waals surface area contributed by atoms with Gasteiger partial charge in [0.15, 0.2) is 12.4 Å². The summed E-state index contributed by atoms with van der Waals surface area (Å²) in [5.74, 6) is -12.9. The summed E-state index contributed by atoms with van der Waals surface area (Å²) in [6.07, 6.45) is 2.74. The Labute approximate surface area is 341 Å². The summed E-state index contributed by atoms with van der Waals surface area (Å²) in [4.78, 5) is 29.6.